The number of hydrogen-bond donors (Lipinski definition) is 1. The van der Waals surface area contributed by atoms with Gasteiger partial charge in [-0.2, -0.15) is 0 Å². The minimum absolute atomic E-state index is 0.0140. The molecule has 1 amide bonds. The van der Waals surface area contributed by atoms with Crippen LogP contribution in [0.5, 0.6) is 0 Å². The molecule has 1 unspecified atom stereocenters. The summed E-state index contributed by atoms with van der Waals surface area (Å²) >= 11 is 0. The van der Waals surface area contributed by atoms with Crippen molar-refractivity contribution < 1.29 is 4.79 Å². The minimum atomic E-state index is -0.0140. The number of rotatable bonds is 5. The van der Waals surface area contributed by atoms with Crippen molar-refractivity contribution in [1.82, 2.24) is 4.90 Å². The van der Waals surface area contributed by atoms with E-state index in [1.807, 2.05) is 32.6 Å². The zero-order valence-corrected chi connectivity index (χ0v) is 9.21. The molecule has 0 fully saturated rings. The van der Waals surface area contributed by atoms with Crippen LogP contribution in [0.2, 0.25) is 0 Å². The van der Waals surface area contributed by atoms with Gasteiger partial charge in [-0.25, -0.2) is 0 Å². The summed E-state index contributed by atoms with van der Waals surface area (Å²) in [4.78, 5) is 13.7. The van der Waals surface area contributed by atoms with Crippen LogP contribution in [0.15, 0.2) is 0 Å². The molecule has 0 aliphatic rings. The average molecular weight is 186 g/mol. The molecule has 0 saturated heterocycles. The molecule has 0 radical (unpaired) electrons. The lowest BCUT2D eigenvalue weighted by atomic mass is 9.94. The van der Waals surface area contributed by atoms with E-state index in [9.17, 15) is 4.79 Å². The number of nitrogens with two attached hydrogens (primary N) is 1. The van der Waals surface area contributed by atoms with Gasteiger partial charge in [0.1, 0.15) is 0 Å². The maximum atomic E-state index is 11.8. The van der Waals surface area contributed by atoms with E-state index in [0.29, 0.717) is 12.5 Å². The van der Waals surface area contributed by atoms with E-state index < -0.39 is 0 Å². The third kappa shape index (κ3) is 3.35. The van der Waals surface area contributed by atoms with E-state index in [1.54, 1.807) is 0 Å². The van der Waals surface area contributed by atoms with Crippen molar-refractivity contribution >= 4 is 5.91 Å². The van der Waals surface area contributed by atoms with Gasteiger partial charge in [-0.3, -0.25) is 4.79 Å². The summed E-state index contributed by atoms with van der Waals surface area (Å²) < 4.78 is 0. The van der Waals surface area contributed by atoms with E-state index >= 15 is 0 Å². The van der Waals surface area contributed by atoms with E-state index in [2.05, 4.69) is 0 Å². The van der Waals surface area contributed by atoms with Gasteiger partial charge < -0.3 is 10.6 Å². The number of hydrogen-bond acceptors (Lipinski definition) is 2. The van der Waals surface area contributed by atoms with Crippen LogP contribution in [0.25, 0.3) is 0 Å². The number of nitrogens with zero attached hydrogens (tertiary/aromatic N) is 1. The Morgan fingerprint density at radius 3 is 2.00 bits per heavy atom. The fourth-order valence-electron chi connectivity index (χ4n) is 1.43. The molecular weight excluding hydrogens is 164 g/mol. The Labute approximate surface area is 81.3 Å². The molecule has 0 aliphatic carbocycles. The van der Waals surface area contributed by atoms with Gasteiger partial charge in [0.05, 0.1) is 5.92 Å². The van der Waals surface area contributed by atoms with Crippen molar-refractivity contribution in [3.63, 3.8) is 0 Å². The zero-order valence-electron chi connectivity index (χ0n) is 9.21. The molecule has 13 heavy (non-hydrogen) atoms. The van der Waals surface area contributed by atoms with Crippen molar-refractivity contribution in [2.75, 3.05) is 19.6 Å². The lowest BCUT2D eigenvalue weighted by molar-refractivity contribution is -0.136. The van der Waals surface area contributed by atoms with Crippen molar-refractivity contribution in [3.05, 3.63) is 0 Å². The normalized spacial score (nSPS) is 13.1. The molecule has 0 aromatic rings. The summed E-state index contributed by atoms with van der Waals surface area (Å²) in [7, 11) is 0. The third-order valence-corrected chi connectivity index (χ3v) is 2.45. The van der Waals surface area contributed by atoms with Crippen molar-refractivity contribution in [2.24, 2.45) is 17.6 Å². The SMILES string of the molecule is CCN(CC)C(=O)C(CN)C(C)C. The topological polar surface area (TPSA) is 46.3 Å². The summed E-state index contributed by atoms with van der Waals surface area (Å²) in [6, 6.07) is 0. The highest BCUT2D eigenvalue weighted by atomic mass is 16.2. The predicted molar refractivity (Wildman–Crippen MR) is 55.3 cm³/mol. The molecule has 0 heterocycles. The summed E-state index contributed by atoms with van der Waals surface area (Å²) in [6.45, 7) is 10.1. The fraction of sp³-hybridized carbons (Fsp3) is 0.900. The first-order valence-corrected chi connectivity index (χ1v) is 5.07. The Balaban J connectivity index is 4.34. The zero-order chi connectivity index (χ0) is 10.4. The maximum Gasteiger partial charge on any atom is 0.227 e. The van der Waals surface area contributed by atoms with Gasteiger partial charge in [-0.15, -0.1) is 0 Å². The second-order valence-electron chi connectivity index (χ2n) is 3.60. The van der Waals surface area contributed by atoms with Crippen LogP contribution >= 0.6 is 0 Å². The number of amides is 1. The maximum absolute atomic E-state index is 11.8. The summed E-state index contributed by atoms with van der Waals surface area (Å²) in [5, 5.41) is 0. The Bertz CT molecular complexity index is 153. The minimum Gasteiger partial charge on any atom is -0.343 e. The van der Waals surface area contributed by atoms with E-state index in [0.717, 1.165) is 13.1 Å². The molecule has 0 saturated carbocycles. The number of carbonyl (C=O) groups excluding carboxylic acids is 1. The average Bonchev–Trinajstić information content (AvgIpc) is 2.07. The van der Waals surface area contributed by atoms with Crippen LogP contribution in [0.1, 0.15) is 27.7 Å². The van der Waals surface area contributed by atoms with Crippen LogP contribution in [0, 0.1) is 11.8 Å². The standard InChI is InChI=1S/C10H22N2O/c1-5-12(6-2)10(13)9(7-11)8(3)4/h8-9H,5-7,11H2,1-4H3. The molecule has 2 N–H and O–H groups in total. The van der Waals surface area contributed by atoms with E-state index in [1.165, 1.54) is 0 Å². The third-order valence-electron chi connectivity index (χ3n) is 2.45. The number of carbonyl (C=O) groups is 1. The van der Waals surface area contributed by atoms with Crippen LogP contribution in [0.4, 0.5) is 0 Å². The Hall–Kier alpha value is -0.570. The first-order valence-electron chi connectivity index (χ1n) is 5.07. The highest BCUT2D eigenvalue weighted by Gasteiger charge is 2.23. The van der Waals surface area contributed by atoms with Gasteiger partial charge in [0.2, 0.25) is 5.91 Å². The van der Waals surface area contributed by atoms with Gasteiger partial charge in [0.15, 0.2) is 0 Å². The van der Waals surface area contributed by atoms with Crippen molar-refractivity contribution in [3.8, 4) is 0 Å². The van der Waals surface area contributed by atoms with Gasteiger partial charge in [0, 0.05) is 19.6 Å². The fourth-order valence-corrected chi connectivity index (χ4v) is 1.43. The monoisotopic (exact) mass is 186 g/mol. The van der Waals surface area contributed by atoms with Crippen molar-refractivity contribution in [1.29, 1.82) is 0 Å². The molecule has 0 aromatic heterocycles. The quantitative estimate of drug-likeness (QED) is 0.698. The van der Waals surface area contributed by atoms with Crippen LogP contribution < -0.4 is 5.73 Å². The first kappa shape index (κ1) is 12.4. The second kappa shape index (κ2) is 5.97. The molecule has 0 aliphatic heterocycles. The highest BCUT2D eigenvalue weighted by molar-refractivity contribution is 5.79. The van der Waals surface area contributed by atoms with Gasteiger partial charge >= 0.3 is 0 Å². The van der Waals surface area contributed by atoms with Crippen LogP contribution in [0.3, 0.4) is 0 Å². The summed E-state index contributed by atoms with van der Waals surface area (Å²) in [6.07, 6.45) is 0. The largest absolute Gasteiger partial charge is 0.343 e. The van der Waals surface area contributed by atoms with Crippen LogP contribution in [-0.4, -0.2) is 30.4 Å². The Morgan fingerprint density at radius 2 is 1.77 bits per heavy atom. The van der Waals surface area contributed by atoms with Gasteiger partial charge in [-0.05, 0) is 19.8 Å². The van der Waals surface area contributed by atoms with Crippen molar-refractivity contribution in [2.45, 2.75) is 27.7 Å². The van der Waals surface area contributed by atoms with E-state index in [4.69, 9.17) is 5.73 Å². The Kier molecular flexibility index (Phi) is 5.71. The molecule has 3 nitrogen and oxygen atoms in total. The smallest absolute Gasteiger partial charge is 0.227 e. The lowest BCUT2D eigenvalue weighted by Crippen LogP contribution is -2.41. The second-order valence-corrected chi connectivity index (χ2v) is 3.60. The van der Waals surface area contributed by atoms with Crippen LogP contribution in [-0.2, 0) is 4.79 Å². The van der Waals surface area contributed by atoms with E-state index in [-0.39, 0.29) is 11.8 Å². The summed E-state index contributed by atoms with van der Waals surface area (Å²) in [5.41, 5.74) is 5.57. The first-order chi connectivity index (χ1) is 6.08. The van der Waals surface area contributed by atoms with Gasteiger partial charge in [0.25, 0.3) is 0 Å². The summed E-state index contributed by atoms with van der Waals surface area (Å²) in [5.74, 6) is 0.514. The molecule has 3 heteroatoms. The molecule has 0 bridgehead atoms. The Morgan fingerprint density at radius 1 is 1.31 bits per heavy atom. The molecule has 0 rings (SSSR count). The molecule has 1 atom stereocenters. The molecule has 78 valence electrons. The molecule has 0 spiro atoms. The lowest BCUT2D eigenvalue weighted by Gasteiger charge is -2.26. The molecular formula is C10H22N2O. The predicted octanol–water partition coefficient (Wildman–Crippen LogP) is 1.09. The van der Waals surface area contributed by atoms with Gasteiger partial charge in [-0.1, -0.05) is 13.8 Å². The molecule has 0 aromatic carbocycles. The highest BCUT2D eigenvalue weighted by Crippen LogP contribution is 2.12.